The molecule has 0 bridgehead atoms. The van der Waals surface area contributed by atoms with Gasteiger partial charge in [-0.25, -0.2) is 0 Å². The molecule has 0 aromatic heterocycles. The lowest BCUT2D eigenvalue weighted by Crippen LogP contribution is -2.04. The number of hydrogen-bond donors (Lipinski definition) is 1. The molecule has 1 rings (SSSR count). The molecule has 0 amide bonds. The predicted molar refractivity (Wildman–Crippen MR) is 75.3 cm³/mol. The minimum atomic E-state index is 0.568. The van der Waals surface area contributed by atoms with Crippen molar-refractivity contribution < 1.29 is 9.47 Å². The molecule has 0 atom stereocenters. The second-order valence-corrected chi connectivity index (χ2v) is 4.35. The number of benzene rings is 1. The molecule has 1 aromatic carbocycles. The minimum Gasteiger partial charge on any atom is -0.490 e. The van der Waals surface area contributed by atoms with E-state index in [4.69, 9.17) is 15.2 Å². The molecular formula is C15H23NO2. The molecule has 0 radical (unpaired) electrons. The molecule has 0 aliphatic rings. The molecule has 0 saturated carbocycles. The maximum Gasteiger partial charge on any atom is 0.161 e. The highest BCUT2D eigenvalue weighted by atomic mass is 16.5. The van der Waals surface area contributed by atoms with E-state index in [1.54, 1.807) is 0 Å². The van der Waals surface area contributed by atoms with E-state index in [0.717, 1.165) is 17.9 Å². The molecule has 18 heavy (non-hydrogen) atoms. The van der Waals surface area contributed by atoms with Gasteiger partial charge in [-0.3, -0.25) is 0 Å². The van der Waals surface area contributed by atoms with Crippen molar-refractivity contribution in [1.29, 1.82) is 0 Å². The molecule has 0 saturated heterocycles. The van der Waals surface area contributed by atoms with Crippen molar-refractivity contribution in [2.45, 2.75) is 27.2 Å². The molecule has 0 aliphatic heterocycles. The van der Waals surface area contributed by atoms with Crippen LogP contribution in [0.4, 0.5) is 0 Å². The molecule has 0 fully saturated rings. The molecule has 0 spiro atoms. The molecule has 2 N–H and O–H groups in total. The molecule has 0 heterocycles. The Hall–Kier alpha value is -1.48. The number of nitrogens with two attached hydrogens (primary N) is 1. The van der Waals surface area contributed by atoms with Crippen LogP contribution in [0.25, 0.3) is 0 Å². The topological polar surface area (TPSA) is 44.5 Å². The maximum atomic E-state index is 5.70. The molecule has 0 unspecified atom stereocenters. The van der Waals surface area contributed by atoms with Crippen LogP contribution >= 0.6 is 0 Å². The van der Waals surface area contributed by atoms with E-state index in [9.17, 15) is 0 Å². The van der Waals surface area contributed by atoms with Gasteiger partial charge >= 0.3 is 0 Å². The Morgan fingerprint density at radius 2 is 2.00 bits per heavy atom. The lowest BCUT2D eigenvalue weighted by atomic mass is 10.1. The summed E-state index contributed by atoms with van der Waals surface area (Å²) in [6.45, 7) is 7.91. The minimum absolute atomic E-state index is 0.568. The van der Waals surface area contributed by atoms with Crippen LogP contribution in [0.15, 0.2) is 29.8 Å². The quantitative estimate of drug-likeness (QED) is 0.756. The zero-order valence-corrected chi connectivity index (χ0v) is 11.5. The Labute approximate surface area is 110 Å². The van der Waals surface area contributed by atoms with Crippen LogP contribution in [-0.2, 0) is 6.42 Å². The predicted octanol–water partition coefficient (Wildman–Crippen LogP) is 2.93. The summed E-state index contributed by atoms with van der Waals surface area (Å²) in [5.74, 6) is 1.58. The van der Waals surface area contributed by atoms with E-state index in [2.05, 4.69) is 13.8 Å². The van der Waals surface area contributed by atoms with Gasteiger partial charge in [-0.2, -0.15) is 0 Å². The third-order valence-corrected chi connectivity index (χ3v) is 2.47. The van der Waals surface area contributed by atoms with Crippen LogP contribution in [-0.4, -0.2) is 19.8 Å². The normalized spacial score (nSPS) is 10.0. The smallest absolute Gasteiger partial charge is 0.161 e. The van der Waals surface area contributed by atoms with Gasteiger partial charge in [-0.1, -0.05) is 11.6 Å². The van der Waals surface area contributed by atoms with Crippen LogP contribution in [0.1, 0.15) is 26.3 Å². The van der Waals surface area contributed by atoms with Crippen molar-refractivity contribution in [3.05, 3.63) is 35.4 Å². The highest BCUT2D eigenvalue weighted by molar-refractivity contribution is 5.43. The van der Waals surface area contributed by atoms with Gasteiger partial charge in [0.25, 0.3) is 0 Å². The van der Waals surface area contributed by atoms with E-state index < -0.39 is 0 Å². The van der Waals surface area contributed by atoms with Crippen LogP contribution in [0.3, 0.4) is 0 Å². The summed E-state index contributed by atoms with van der Waals surface area (Å²) in [7, 11) is 0. The number of allylic oxidation sites excluding steroid dienone is 1. The van der Waals surface area contributed by atoms with Gasteiger partial charge in [0.2, 0.25) is 0 Å². The fourth-order valence-electron chi connectivity index (χ4n) is 1.56. The lowest BCUT2D eigenvalue weighted by molar-refractivity contribution is 0.296. The fraction of sp³-hybridized carbons (Fsp3) is 0.467. The van der Waals surface area contributed by atoms with E-state index in [-0.39, 0.29) is 0 Å². The number of hydrogen-bond acceptors (Lipinski definition) is 3. The zero-order valence-electron chi connectivity index (χ0n) is 11.5. The summed E-state index contributed by atoms with van der Waals surface area (Å²) in [6.07, 6.45) is 2.90. The summed E-state index contributed by atoms with van der Waals surface area (Å²) in [5.41, 5.74) is 7.98. The number of rotatable bonds is 7. The van der Waals surface area contributed by atoms with Crippen molar-refractivity contribution in [2.24, 2.45) is 5.73 Å². The van der Waals surface area contributed by atoms with E-state index in [1.165, 1.54) is 11.1 Å². The van der Waals surface area contributed by atoms with Gasteiger partial charge in [0, 0.05) is 0 Å². The second-order valence-electron chi connectivity index (χ2n) is 4.35. The van der Waals surface area contributed by atoms with Gasteiger partial charge in [0.05, 0.1) is 6.61 Å². The third-order valence-electron chi connectivity index (χ3n) is 2.47. The summed E-state index contributed by atoms with van der Waals surface area (Å²) in [6, 6.07) is 6.00. The molecular weight excluding hydrogens is 226 g/mol. The first-order valence-electron chi connectivity index (χ1n) is 6.39. The van der Waals surface area contributed by atoms with Crippen molar-refractivity contribution in [3.63, 3.8) is 0 Å². The van der Waals surface area contributed by atoms with E-state index in [1.807, 2.05) is 31.2 Å². The van der Waals surface area contributed by atoms with Crippen LogP contribution < -0.4 is 15.2 Å². The van der Waals surface area contributed by atoms with Crippen molar-refractivity contribution in [3.8, 4) is 11.5 Å². The summed E-state index contributed by atoms with van der Waals surface area (Å²) < 4.78 is 11.3. The molecule has 0 aliphatic carbocycles. The van der Waals surface area contributed by atoms with Crippen molar-refractivity contribution >= 4 is 0 Å². The largest absolute Gasteiger partial charge is 0.490 e. The van der Waals surface area contributed by atoms with E-state index >= 15 is 0 Å². The van der Waals surface area contributed by atoms with E-state index in [0.29, 0.717) is 19.8 Å². The summed E-state index contributed by atoms with van der Waals surface area (Å²) >= 11 is 0. The first kappa shape index (κ1) is 14.6. The van der Waals surface area contributed by atoms with Crippen molar-refractivity contribution in [1.82, 2.24) is 0 Å². The van der Waals surface area contributed by atoms with Gasteiger partial charge < -0.3 is 15.2 Å². The Bertz CT molecular complexity index is 395. The Morgan fingerprint density at radius 1 is 1.22 bits per heavy atom. The standard InChI is InChI=1S/C15H23NO2/c1-4-17-15-11-13(7-9-16)5-6-14(15)18-10-8-12(2)3/h5-6,8,11H,4,7,9-10,16H2,1-3H3. The highest BCUT2D eigenvalue weighted by Gasteiger charge is 2.05. The van der Waals surface area contributed by atoms with Gasteiger partial charge in [-0.15, -0.1) is 0 Å². The molecule has 3 nitrogen and oxygen atoms in total. The maximum absolute atomic E-state index is 5.70. The van der Waals surface area contributed by atoms with Gasteiger partial charge in [0.15, 0.2) is 11.5 Å². The van der Waals surface area contributed by atoms with Crippen LogP contribution in [0, 0.1) is 0 Å². The average Bonchev–Trinajstić information content (AvgIpc) is 2.32. The summed E-state index contributed by atoms with van der Waals surface area (Å²) in [4.78, 5) is 0. The molecule has 3 heteroatoms. The fourth-order valence-corrected chi connectivity index (χ4v) is 1.56. The average molecular weight is 249 g/mol. The third kappa shape index (κ3) is 4.80. The summed E-state index contributed by atoms with van der Waals surface area (Å²) in [5, 5.41) is 0. The highest BCUT2D eigenvalue weighted by Crippen LogP contribution is 2.28. The lowest BCUT2D eigenvalue weighted by Gasteiger charge is -2.12. The monoisotopic (exact) mass is 249 g/mol. The van der Waals surface area contributed by atoms with Crippen LogP contribution in [0.2, 0.25) is 0 Å². The Balaban J connectivity index is 2.78. The number of ether oxygens (including phenoxy) is 2. The SMILES string of the molecule is CCOc1cc(CCN)ccc1OCC=C(C)C. The first-order chi connectivity index (χ1) is 8.67. The molecule has 1 aromatic rings. The second kappa shape index (κ2) is 7.77. The van der Waals surface area contributed by atoms with Gasteiger partial charge in [-0.05, 0) is 57.5 Å². The van der Waals surface area contributed by atoms with Gasteiger partial charge in [0.1, 0.15) is 6.61 Å². The first-order valence-corrected chi connectivity index (χ1v) is 6.39. The molecule has 100 valence electrons. The Morgan fingerprint density at radius 3 is 2.61 bits per heavy atom. The Kier molecular flexibility index (Phi) is 6.29. The zero-order chi connectivity index (χ0) is 13.4. The van der Waals surface area contributed by atoms with Crippen LogP contribution in [0.5, 0.6) is 11.5 Å². The van der Waals surface area contributed by atoms with Crippen molar-refractivity contribution in [2.75, 3.05) is 19.8 Å².